The number of hydrogen-bond donors (Lipinski definition) is 4. The molecule has 1 unspecified atom stereocenters. The van der Waals surface area contributed by atoms with E-state index in [1.165, 1.54) is 36.4 Å². The Labute approximate surface area is 327 Å². The first-order valence-corrected chi connectivity index (χ1v) is 19.5. The van der Waals surface area contributed by atoms with E-state index in [1.54, 1.807) is 0 Å². The van der Waals surface area contributed by atoms with Crippen molar-refractivity contribution in [1.29, 1.82) is 0 Å². The number of piperidine rings is 2. The van der Waals surface area contributed by atoms with Crippen LogP contribution in [0.4, 0.5) is 8.78 Å². The molecule has 296 valence electrons. The minimum absolute atomic E-state index is 0.0436. The van der Waals surface area contributed by atoms with E-state index in [0.29, 0.717) is 13.1 Å². The summed E-state index contributed by atoms with van der Waals surface area (Å²) in [5, 5.41) is 12.4. The molecule has 2 atom stereocenters. The summed E-state index contributed by atoms with van der Waals surface area (Å²) in [5.74, 6) is -1.51. The van der Waals surface area contributed by atoms with Gasteiger partial charge < -0.3 is 21.3 Å². The van der Waals surface area contributed by atoms with Gasteiger partial charge in [-0.2, -0.15) is 0 Å². The fraction of sp³-hybridized carbons (Fsp3) is 0.600. The summed E-state index contributed by atoms with van der Waals surface area (Å²) in [5.41, 5.74) is 0.282. The Hall–Kier alpha value is -3.32. The van der Waals surface area contributed by atoms with Crippen LogP contribution in [0.1, 0.15) is 101 Å². The first-order chi connectivity index (χ1) is 25.1. The number of carbonyl (C=O) groups is 4. The summed E-state index contributed by atoms with van der Waals surface area (Å²) in [7, 11) is 0. The van der Waals surface area contributed by atoms with Crippen molar-refractivity contribution in [2.24, 2.45) is 10.8 Å². The van der Waals surface area contributed by atoms with E-state index in [-0.39, 0.29) is 78.8 Å². The molecule has 2 saturated carbocycles. The van der Waals surface area contributed by atoms with Crippen molar-refractivity contribution < 1.29 is 28.0 Å². The van der Waals surface area contributed by atoms with Crippen LogP contribution in [0.3, 0.4) is 0 Å². The zero-order chi connectivity index (χ0) is 39.6. The third-order valence-corrected chi connectivity index (χ3v) is 11.1. The van der Waals surface area contributed by atoms with Gasteiger partial charge in [0.2, 0.25) is 11.8 Å². The zero-order valence-corrected chi connectivity index (χ0v) is 33.7. The normalized spacial score (nSPS) is 21.7. The number of halogens is 4. The zero-order valence-electron chi connectivity index (χ0n) is 32.1. The second-order valence-corrected chi connectivity index (χ2v) is 18.5. The maximum absolute atomic E-state index is 13.4. The fourth-order valence-corrected chi connectivity index (χ4v) is 8.14. The van der Waals surface area contributed by atoms with Crippen LogP contribution in [-0.4, -0.2) is 95.9 Å². The lowest BCUT2D eigenvalue weighted by molar-refractivity contribution is -0.125. The van der Waals surface area contributed by atoms with Gasteiger partial charge in [0.15, 0.2) is 0 Å². The summed E-state index contributed by atoms with van der Waals surface area (Å²) in [6, 6.07) is 7.94. The van der Waals surface area contributed by atoms with Crippen LogP contribution >= 0.6 is 23.2 Å². The molecule has 2 heterocycles. The largest absolute Gasteiger partial charge is 0.350 e. The minimum atomic E-state index is -0.514. The van der Waals surface area contributed by atoms with E-state index in [9.17, 15) is 28.0 Å². The highest BCUT2D eigenvalue weighted by molar-refractivity contribution is 6.31. The number of hydrogen-bond acceptors (Lipinski definition) is 6. The highest BCUT2D eigenvalue weighted by Gasteiger charge is 2.56. The Morgan fingerprint density at radius 2 is 0.963 bits per heavy atom. The second-order valence-electron chi connectivity index (χ2n) is 17.6. The summed E-state index contributed by atoms with van der Waals surface area (Å²) in [6.45, 7) is 16.0. The van der Waals surface area contributed by atoms with Crippen LogP contribution in [0.5, 0.6) is 0 Å². The van der Waals surface area contributed by atoms with Gasteiger partial charge in [0, 0.05) is 44.3 Å². The van der Waals surface area contributed by atoms with Crippen LogP contribution in [0, 0.1) is 22.5 Å². The molecule has 14 heteroatoms. The Morgan fingerprint density at radius 1 is 0.630 bits per heavy atom. The molecule has 0 aromatic heterocycles. The van der Waals surface area contributed by atoms with E-state index in [2.05, 4.69) is 31.1 Å². The second kappa shape index (κ2) is 16.4. The van der Waals surface area contributed by atoms with Crippen LogP contribution in [0.15, 0.2) is 36.4 Å². The van der Waals surface area contributed by atoms with Crippen molar-refractivity contribution in [3.05, 3.63) is 69.2 Å². The third kappa shape index (κ3) is 11.8. The molecule has 0 radical (unpaired) electrons. The molecule has 4 N–H and O–H groups in total. The average molecular weight is 792 g/mol. The molecule has 54 heavy (non-hydrogen) atoms. The monoisotopic (exact) mass is 790 g/mol. The first-order valence-electron chi connectivity index (χ1n) is 18.7. The minimum Gasteiger partial charge on any atom is -0.350 e. The lowest BCUT2D eigenvalue weighted by Crippen LogP contribution is -2.48. The molecule has 2 spiro atoms. The fourth-order valence-electron chi connectivity index (χ4n) is 7.70. The van der Waals surface area contributed by atoms with Gasteiger partial charge in [-0.3, -0.25) is 29.0 Å². The molecule has 6 rings (SSSR count). The predicted octanol–water partition coefficient (Wildman–Crippen LogP) is 5.96. The standard InChI is InChI=1S/2C20H27ClFN3O2/c2*1-19(2,3)24-17(26)12-25-6-4-20(5-7-25)11-16(20)23-18(27)13-8-14(21)10-15(22)9-13/h2*8-10,16H,4-7,11-12H2,1-3H3,(H,23,27)(H,24,26)/t16-;/m1./s1. The molecule has 4 aliphatic rings. The van der Waals surface area contributed by atoms with E-state index >= 15 is 0 Å². The number of carbonyl (C=O) groups excluding carboxylic acids is 4. The van der Waals surface area contributed by atoms with Gasteiger partial charge in [-0.05, 0) is 153 Å². The first kappa shape index (κ1) is 41.8. The Morgan fingerprint density at radius 3 is 1.26 bits per heavy atom. The highest BCUT2D eigenvalue weighted by Crippen LogP contribution is 2.54. The number of amides is 4. The Balaban J connectivity index is 0.000000208. The summed E-state index contributed by atoms with van der Waals surface area (Å²) >= 11 is 11.7. The van der Waals surface area contributed by atoms with Gasteiger partial charge >= 0.3 is 0 Å². The van der Waals surface area contributed by atoms with Crippen molar-refractivity contribution in [3.8, 4) is 0 Å². The number of benzene rings is 2. The molecule has 2 aromatic rings. The van der Waals surface area contributed by atoms with Crippen molar-refractivity contribution in [2.75, 3.05) is 39.3 Å². The Kier molecular flexibility index (Phi) is 12.7. The van der Waals surface area contributed by atoms with E-state index in [0.717, 1.165) is 64.7 Å². The molecule has 10 nitrogen and oxygen atoms in total. The van der Waals surface area contributed by atoms with Gasteiger partial charge in [-0.1, -0.05) is 23.2 Å². The van der Waals surface area contributed by atoms with E-state index < -0.39 is 11.6 Å². The van der Waals surface area contributed by atoms with Crippen LogP contribution in [0.25, 0.3) is 0 Å². The lowest BCUT2D eigenvalue weighted by Gasteiger charge is -2.33. The van der Waals surface area contributed by atoms with Gasteiger partial charge in [0.05, 0.1) is 13.1 Å². The lowest BCUT2D eigenvalue weighted by atomic mass is 9.92. The summed E-state index contributed by atoms with van der Waals surface area (Å²) in [4.78, 5) is 53.2. The molecular weight excluding hydrogens is 737 g/mol. The van der Waals surface area contributed by atoms with Crippen molar-refractivity contribution >= 4 is 46.8 Å². The van der Waals surface area contributed by atoms with Crippen LogP contribution in [-0.2, 0) is 9.59 Å². The highest BCUT2D eigenvalue weighted by atomic mass is 35.5. The molecule has 2 aromatic carbocycles. The van der Waals surface area contributed by atoms with Crippen molar-refractivity contribution in [3.63, 3.8) is 0 Å². The van der Waals surface area contributed by atoms with Crippen LogP contribution < -0.4 is 21.3 Å². The Bertz CT molecular complexity index is 1560. The SMILES string of the molecule is CC(C)(C)NC(=O)CN1CCC2(CC1)CC2NC(=O)c1cc(F)cc(Cl)c1.CC(C)(C)NC(=O)CN1CCC2(CC1)C[C@H]2NC(=O)c1cc(F)cc(Cl)c1. The quantitative estimate of drug-likeness (QED) is 0.262. The summed E-state index contributed by atoms with van der Waals surface area (Å²) < 4.78 is 26.9. The number of nitrogens with one attached hydrogen (secondary N) is 4. The molecule has 4 amide bonds. The summed E-state index contributed by atoms with van der Waals surface area (Å²) in [6.07, 6.45) is 5.66. The predicted molar refractivity (Wildman–Crippen MR) is 207 cm³/mol. The molecule has 4 fully saturated rings. The average Bonchev–Trinajstić information content (AvgIpc) is 3.91. The number of nitrogens with zero attached hydrogens (tertiary/aromatic N) is 2. The van der Waals surface area contributed by atoms with Gasteiger partial charge in [0.1, 0.15) is 11.6 Å². The molecule has 2 aliphatic heterocycles. The topological polar surface area (TPSA) is 123 Å². The van der Waals surface area contributed by atoms with Gasteiger partial charge in [-0.25, -0.2) is 8.78 Å². The maximum atomic E-state index is 13.4. The number of likely N-dealkylation sites (tertiary alicyclic amines) is 2. The maximum Gasteiger partial charge on any atom is 0.251 e. The van der Waals surface area contributed by atoms with Crippen molar-refractivity contribution in [2.45, 2.75) is 103 Å². The molecule has 0 bridgehead atoms. The number of rotatable bonds is 8. The molecule has 2 aliphatic carbocycles. The van der Waals surface area contributed by atoms with E-state index in [4.69, 9.17) is 23.2 Å². The molecular formula is C40H54Cl2F2N6O4. The third-order valence-electron chi connectivity index (χ3n) is 10.7. The van der Waals surface area contributed by atoms with Crippen molar-refractivity contribution in [1.82, 2.24) is 31.1 Å². The molecule has 2 saturated heterocycles. The smallest absolute Gasteiger partial charge is 0.251 e. The van der Waals surface area contributed by atoms with E-state index in [1.807, 2.05) is 41.5 Å². The van der Waals surface area contributed by atoms with Gasteiger partial charge in [0.25, 0.3) is 11.8 Å². The van der Waals surface area contributed by atoms with Crippen LogP contribution in [0.2, 0.25) is 10.0 Å². The van der Waals surface area contributed by atoms with Gasteiger partial charge in [-0.15, -0.1) is 0 Å².